The lowest BCUT2D eigenvalue weighted by Crippen LogP contribution is -2.47. The van der Waals surface area contributed by atoms with Crippen molar-refractivity contribution in [3.8, 4) is 0 Å². The molecule has 7 heteroatoms. The summed E-state index contributed by atoms with van der Waals surface area (Å²) in [7, 11) is 0. The normalized spacial score (nSPS) is 23.7. The van der Waals surface area contributed by atoms with Gasteiger partial charge in [0.15, 0.2) is 0 Å². The van der Waals surface area contributed by atoms with Gasteiger partial charge in [-0.2, -0.15) is 0 Å². The van der Waals surface area contributed by atoms with Gasteiger partial charge in [-0.15, -0.1) is 0 Å². The smallest absolute Gasteiger partial charge is 0.237 e. The Balaban J connectivity index is 1.23. The Kier molecular flexibility index (Phi) is 6.04. The topological polar surface area (TPSA) is 75.2 Å². The van der Waals surface area contributed by atoms with Crippen LogP contribution in [-0.2, 0) is 27.8 Å². The average molecular weight is 513 g/mol. The van der Waals surface area contributed by atoms with Gasteiger partial charge in [-0.3, -0.25) is 14.6 Å². The van der Waals surface area contributed by atoms with Gasteiger partial charge in [0.2, 0.25) is 11.8 Å². The monoisotopic (exact) mass is 512 g/mol. The van der Waals surface area contributed by atoms with Gasteiger partial charge in [-0.25, -0.2) is 9.37 Å². The molecule has 2 aromatic rings. The predicted molar refractivity (Wildman–Crippen MR) is 145 cm³/mol. The van der Waals surface area contributed by atoms with Gasteiger partial charge in [-0.1, -0.05) is 30.4 Å². The first-order valence-electron chi connectivity index (χ1n) is 13.5. The summed E-state index contributed by atoms with van der Waals surface area (Å²) in [5.74, 6) is 0.477. The first-order chi connectivity index (χ1) is 18.3. The van der Waals surface area contributed by atoms with Crippen molar-refractivity contribution >= 4 is 23.7 Å². The van der Waals surface area contributed by atoms with Crippen LogP contribution in [0.15, 0.2) is 60.0 Å². The third-order valence-corrected chi connectivity index (χ3v) is 8.60. The van der Waals surface area contributed by atoms with Crippen molar-refractivity contribution in [3.63, 3.8) is 0 Å². The number of pyridine rings is 2. The number of hydrogen-bond acceptors (Lipinski definition) is 4. The molecule has 0 aromatic carbocycles. The van der Waals surface area contributed by atoms with Crippen LogP contribution in [-0.4, -0.2) is 45.9 Å². The Morgan fingerprint density at radius 2 is 2.16 bits per heavy atom. The van der Waals surface area contributed by atoms with Gasteiger partial charge < -0.3 is 10.2 Å². The molecule has 2 unspecified atom stereocenters. The van der Waals surface area contributed by atoms with E-state index in [1.54, 1.807) is 20.0 Å². The Morgan fingerprint density at radius 3 is 3.00 bits per heavy atom. The summed E-state index contributed by atoms with van der Waals surface area (Å²) in [6.07, 6.45) is 16.8. The fourth-order valence-corrected chi connectivity index (χ4v) is 6.49. The lowest BCUT2D eigenvalue weighted by Gasteiger charge is -2.36. The van der Waals surface area contributed by atoms with Crippen LogP contribution in [0.1, 0.15) is 61.9 Å². The van der Waals surface area contributed by atoms with Crippen LogP contribution in [0, 0.1) is 5.41 Å². The number of halogens is 1. The zero-order valence-corrected chi connectivity index (χ0v) is 22.0. The summed E-state index contributed by atoms with van der Waals surface area (Å²) in [6, 6.07) is 5.96. The molecule has 0 bridgehead atoms. The molecule has 6 nitrogen and oxygen atoms in total. The molecule has 1 N–H and O–H groups in total. The molecule has 2 amide bonds. The van der Waals surface area contributed by atoms with Crippen LogP contribution in [0.5, 0.6) is 0 Å². The first-order valence-corrected chi connectivity index (χ1v) is 13.5. The van der Waals surface area contributed by atoms with Crippen LogP contribution < -0.4 is 5.32 Å². The Hall–Kier alpha value is -3.61. The minimum Gasteiger partial charge on any atom is -0.332 e. The number of fused-ring (bicyclic) bond motifs is 3. The largest absolute Gasteiger partial charge is 0.332 e. The fourth-order valence-electron chi connectivity index (χ4n) is 6.49. The van der Waals surface area contributed by atoms with E-state index >= 15 is 0 Å². The van der Waals surface area contributed by atoms with E-state index in [1.165, 1.54) is 11.1 Å². The molecular formula is C31H33FN4O2. The van der Waals surface area contributed by atoms with Crippen molar-refractivity contribution < 1.29 is 14.0 Å². The van der Waals surface area contributed by atoms with Crippen LogP contribution in [0.2, 0.25) is 0 Å². The van der Waals surface area contributed by atoms with Crippen LogP contribution >= 0.6 is 0 Å². The number of carbonyl (C=O) groups excluding carboxylic acids is 2. The molecule has 38 heavy (non-hydrogen) atoms. The number of aromatic nitrogens is 2. The summed E-state index contributed by atoms with van der Waals surface area (Å²) < 4.78 is 13.8. The zero-order valence-electron chi connectivity index (χ0n) is 22.0. The standard InChI is InChI=1S/C31H33FN4O2/c1-30(2,19-32)29(38)36(26-12-11-21-8-3-4-9-23(21)26)14-6-7-20-15-22-16-31(17-25(22)34-18-20)24-10-5-13-33-27(24)35-28(31)37/h3,5-8,10,13,15,18,26H,4,9,11-12,14,16-17,19H2,1-2H3,(H,33,35,37). The molecule has 0 radical (unpaired) electrons. The third-order valence-electron chi connectivity index (χ3n) is 8.60. The maximum absolute atomic E-state index is 13.8. The molecule has 3 heterocycles. The number of alkyl halides is 1. The number of hydrogen-bond donors (Lipinski definition) is 1. The zero-order chi connectivity index (χ0) is 26.5. The van der Waals surface area contributed by atoms with E-state index in [2.05, 4.69) is 28.5 Å². The number of rotatable bonds is 6. The van der Waals surface area contributed by atoms with E-state index in [4.69, 9.17) is 4.98 Å². The average Bonchev–Trinajstić information content (AvgIpc) is 3.60. The highest BCUT2D eigenvalue weighted by molar-refractivity contribution is 6.06. The maximum Gasteiger partial charge on any atom is 0.237 e. The molecule has 2 aromatic heterocycles. The molecule has 0 saturated heterocycles. The van der Waals surface area contributed by atoms with E-state index in [1.807, 2.05) is 35.4 Å². The van der Waals surface area contributed by atoms with Gasteiger partial charge in [0.05, 0.1) is 16.9 Å². The van der Waals surface area contributed by atoms with Crippen molar-refractivity contribution in [1.82, 2.24) is 14.9 Å². The molecule has 0 saturated carbocycles. The molecule has 1 spiro atoms. The second kappa shape index (κ2) is 9.29. The highest BCUT2D eigenvalue weighted by atomic mass is 19.1. The molecular weight excluding hydrogens is 479 g/mol. The first kappa shape index (κ1) is 24.7. The number of amides is 2. The molecule has 3 aliphatic carbocycles. The molecule has 1 aliphatic heterocycles. The summed E-state index contributed by atoms with van der Waals surface area (Å²) in [5, 5.41) is 2.94. The third kappa shape index (κ3) is 3.99. The van der Waals surface area contributed by atoms with E-state index < -0.39 is 17.5 Å². The number of carbonyl (C=O) groups is 2. The molecule has 4 aliphatic rings. The van der Waals surface area contributed by atoms with E-state index in [0.717, 1.165) is 48.1 Å². The fraction of sp³-hybridized carbons (Fsp3) is 0.419. The second-order valence-corrected chi connectivity index (χ2v) is 11.6. The van der Waals surface area contributed by atoms with Crippen LogP contribution in [0.3, 0.4) is 0 Å². The van der Waals surface area contributed by atoms with Crippen molar-refractivity contribution in [1.29, 1.82) is 0 Å². The quantitative estimate of drug-likeness (QED) is 0.584. The van der Waals surface area contributed by atoms with Crippen molar-refractivity contribution in [3.05, 3.63) is 82.4 Å². The summed E-state index contributed by atoms with van der Waals surface area (Å²) in [6.45, 7) is 3.09. The summed E-state index contributed by atoms with van der Waals surface area (Å²) >= 11 is 0. The lowest BCUT2D eigenvalue weighted by atomic mass is 9.80. The summed E-state index contributed by atoms with van der Waals surface area (Å²) in [4.78, 5) is 37.4. The Bertz CT molecular complexity index is 1410. The number of anilines is 1. The Morgan fingerprint density at radius 1 is 1.29 bits per heavy atom. The molecule has 6 rings (SSSR count). The number of nitrogens with one attached hydrogen (secondary N) is 1. The minimum atomic E-state index is -1.06. The van der Waals surface area contributed by atoms with Gasteiger partial charge in [-0.05, 0) is 80.4 Å². The molecule has 196 valence electrons. The van der Waals surface area contributed by atoms with Gasteiger partial charge in [0.25, 0.3) is 0 Å². The molecule has 0 fully saturated rings. The van der Waals surface area contributed by atoms with E-state index in [-0.39, 0.29) is 17.9 Å². The van der Waals surface area contributed by atoms with E-state index in [9.17, 15) is 14.0 Å². The highest BCUT2D eigenvalue weighted by Gasteiger charge is 2.51. The van der Waals surface area contributed by atoms with Crippen molar-refractivity contribution in [2.45, 2.75) is 63.8 Å². The lowest BCUT2D eigenvalue weighted by molar-refractivity contribution is -0.142. The Labute approximate surface area is 222 Å². The predicted octanol–water partition coefficient (Wildman–Crippen LogP) is 5.11. The highest BCUT2D eigenvalue weighted by Crippen LogP contribution is 2.46. The number of allylic oxidation sites excluding steroid dienone is 3. The van der Waals surface area contributed by atoms with Crippen molar-refractivity contribution in [2.24, 2.45) is 5.41 Å². The van der Waals surface area contributed by atoms with Gasteiger partial charge in [0, 0.05) is 36.6 Å². The maximum atomic E-state index is 13.8. The van der Waals surface area contributed by atoms with Crippen LogP contribution in [0.4, 0.5) is 10.2 Å². The van der Waals surface area contributed by atoms with E-state index in [0.29, 0.717) is 25.2 Å². The van der Waals surface area contributed by atoms with Crippen molar-refractivity contribution in [2.75, 3.05) is 18.5 Å². The minimum absolute atomic E-state index is 0.0190. The molecule has 2 atom stereocenters. The second-order valence-electron chi connectivity index (χ2n) is 11.6. The van der Waals surface area contributed by atoms with Gasteiger partial charge >= 0.3 is 0 Å². The van der Waals surface area contributed by atoms with Gasteiger partial charge in [0.1, 0.15) is 12.5 Å². The van der Waals surface area contributed by atoms with Crippen LogP contribution in [0.25, 0.3) is 6.08 Å². The SMILES string of the molecule is CC(C)(CF)C(=O)N(CC=Cc1cnc2c(c1)CC1(C2)C(=O)Nc2ncccc21)C1CCC2=C1CCC=C2. The summed E-state index contributed by atoms with van der Waals surface area (Å²) in [5.41, 5.74) is 4.82. The number of nitrogens with zero attached hydrogens (tertiary/aromatic N) is 3.